The molecule has 0 aromatic heterocycles. The minimum absolute atomic E-state index is 0.762. The summed E-state index contributed by atoms with van der Waals surface area (Å²) in [6.45, 7) is 0.984. The van der Waals surface area contributed by atoms with Crippen LogP contribution in [0.1, 0.15) is 24.0 Å². The average molecular weight is 299 g/mol. The van der Waals surface area contributed by atoms with Crippen LogP contribution >= 0.6 is 11.8 Å². The second-order valence-electron chi connectivity index (χ2n) is 5.44. The molecule has 0 bridgehead atoms. The summed E-state index contributed by atoms with van der Waals surface area (Å²) in [6, 6.07) is 17.9. The fourth-order valence-corrected chi connectivity index (χ4v) is 3.15. The zero-order valence-corrected chi connectivity index (χ0v) is 13.2. The first-order chi connectivity index (χ1) is 10.3. The van der Waals surface area contributed by atoms with Crippen LogP contribution in [0.25, 0.3) is 0 Å². The molecule has 2 nitrogen and oxygen atoms in total. The maximum Gasteiger partial charge on any atom is 0.119 e. The van der Waals surface area contributed by atoms with Gasteiger partial charge in [0.15, 0.2) is 0 Å². The van der Waals surface area contributed by atoms with Crippen molar-refractivity contribution in [1.82, 2.24) is 5.32 Å². The molecule has 110 valence electrons. The molecule has 3 rings (SSSR count). The van der Waals surface area contributed by atoms with Crippen LogP contribution in [0.4, 0.5) is 0 Å². The van der Waals surface area contributed by atoms with Gasteiger partial charge >= 0.3 is 0 Å². The van der Waals surface area contributed by atoms with Crippen molar-refractivity contribution in [2.75, 3.05) is 7.11 Å². The van der Waals surface area contributed by atoms with Gasteiger partial charge in [0.05, 0.1) is 7.11 Å². The number of methoxy groups -OCH3 is 1. The molecule has 0 unspecified atom stereocenters. The molecule has 1 N–H and O–H groups in total. The molecule has 0 saturated heterocycles. The minimum Gasteiger partial charge on any atom is -0.497 e. The minimum atomic E-state index is 0.762. The number of thioether (sulfide) groups is 1. The van der Waals surface area contributed by atoms with Crippen molar-refractivity contribution in [1.29, 1.82) is 0 Å². The molecule has 0 radical (unpaired) electrons. The summed E-state index contributed by atoms with van der Waals surface area (Å²) in [6.07, 6.45) is 2.68. The zero-order chi connectivity index (χ0) is 14.5. The topological polar surface area (TPSA) is 21.3 Å². The molecule has 3 heteroatoms. The fourth-order valence-electron chi connectivity index (χ4n) is 2.22. The van der Waals surface area contributed by atoms with Crippen LogP contribution in [0, 0.1) is 0 Å². The van der Waals surface area contributed by atoms with Gasteiger partial charge in [-0.05, 0) is 48.2 Å². The Kier molecular flexibility index (Phi) is 4.84. The molecule has 2 aromatic carbocycles. The van der Waals surface area contributed by atoms with E-state index in [-0.39, 0.29) is 0 Å². The van der Waals surface area contributed by atoms with E-state index >= 15 is 0 Å². The molecule has 0 aliphatic heterocycles. The molecule has 0 amide bonds. The highest BCUT2D eigenvalue weighted by molar-refractivity contribution is 7.98. The van der Waals surface area contributed by atoms with Gasteiger partial charge in [-0.15, -0.1) is 11.8 Å². The van der Waals surface area contributed by atoms with Gasteiger partial charge in [0.2, 0.25) is 0 Å². The van der Waals surface area contributed by atoms with Gasteiger partial charge in [-0.2, -0.15) is 0 Å². The van der Waals surface area contributed by atoms with Gasteiger partial charge in [-0.25, -0.2) is 0 Å². The Morgan fingerprint density at radius 3 is 2.71 bits per heavy atom. The lowest BCUT2D eigenvalue weighted by atomic mass is 10.2. The first-order valence-electron chi connectivity index (χ1n) is 7.41. The molecule has 2 aromatic rings. The van der Waals surface area contributed by atoms with Crippen LogP contribution in [0.5, 0.6) is 5.75 Å². The standard InChI is InChI=1S/C18H21NOS/c1-20-17-6-2-5-15(10-17)13-21-18-7-3-4-14(11-18)12-19-16-8-9-16/h2-7,10-11,16,19H,8-9,12-13H2,1H3. The van der Waals surface area contributed by atoms with Gasteiger partial charge in [0, 0.05) is 23.2 Å². The SMILES string of the molecule is COc1cccc(CSc2cccc(CNC3CC3)c2)c1. The summed E-state index contributed by atoms with van der Waals surface area (Å²) >= 11 is 1.87. The van der Waals surface area contributed by atoms with Crippen LogP contribution < -0.4 is 10.1 Å². The molecular formula is C18H21NOS. The number of benzene rings is 2. The van der Waals surface area contributed by atoms with Crippen molar-refractivity contribution in [3.63, 3.8) is 0 Å². The van der Waals surface area contributed by atoms with Crippen LogP contribution in [-0.4, -0.2) is 13.2 Å². The molecule has 1 aliphatic rings. The highest BCUT2D eigenvalue weighted by Gasteiger charge is 2.19. The summed E-state index contributed by atoms with van der Waals surface area (Å²) in [7, 11) is 1.71. The van der Waals surface area contributed by atoms with Gasteiger partial charge in [-0.3, -0.25) is 0 Å². The Morgan fingerprint density at radius 1 is 1.10 bits per heavy atom. The molecular weight excluding hydrogens is 278 g/mol. The predicted octanol–water partition coefficient (Wildman–Crippen LogP) is 4.24. The monoisotopic (exact) mass is 299 g/mol. The summed E-state index contributed by atoms with van der Waals surface area (Å²) in [5.41, 5.74) is 2.67. The van der Waals surface area contributed by atoms with E-state index in [1.807, 2.05) is 23.9 Å². The van der Waals surface area contributed by atoms with Gasteiger partial charge in [-0.1, -0.05) is 24.3 Å². The van der Waals surface area contributed by atoms with E-state index in [2.05, 4.69) is 41.7 Å². The number of rotatable bonds is 7. The third-order valence-corrected chi connectivity index (χ3v) is 4.68. The van der Waals surface area contributed by atoms with Crippen molar-refractivity contribution in [2.45, 2.75) is 36.1 Å². The lowest BCUT2D eigenvalue weighted by Crippen LogP contribution is -2.15. The molecule has 1 saturated carbocycles. The Bertz CT molecular complexity index is 595. The number of hydrogen-bond acceptors (Lipinski definition) is 3. The molecule has 0 spiro atoms. The van der Waals surface area contributed by atoms with E-state index in [9.17, 15) is 0 Å². The quantitative estimate of drug-likeness (QED) is 0.773. The summed E-state index contributed by atoms with van der Waals surface area (Å²) in [5.74, 6) is 1.90. The Labute approximate surface area is 130 Å². The summed E-state index contributed by atoms with van der Waals surface area (Å²) in [4.78, 5) is 1.33. The smallest absolute Gasteiger partial charge is 0.119 e. The van der Waals surface area contributed by atoms with Crippen molar-refractivity contribution in [2.24, 2.45) is 0 Å². The average Bonchev–Trinajstić information content (AvgIpc) is 3.36. The zero-order valence-electron chi connectivity index (χ0n) is 12.3. The normalized spacial score (nSPS) is 14.1. The summed E-state index contributed by atoms with van der Waals surface area (Å²) < 4.78 is 5.27. The lowest BCUT2D eigenvalue weighted by molar-refractivity contribution is 0.414. The van der Waals surface area contributed by atoms with Crippen molar-refractivity contribution in [3.05, 3.63) is 59.7 Å². The van der Waals surface area contributed by atoms with E-state index in [0.717, 1.165) is 24.1 Å². The number of nitrogens with one attached hydrogen (secondary N) is 1. The first-order valence-corrected chi connectivity index (χ1v) is 8.40. The van der Waals surface area contributed by atoms with Gasteiger partial charge < -0.3 is 10.1 Å². The van der Waals surface area contributed by atoms with E-state index in [1.165, 1.54) is 28.9 Å². The van der Waals surface area contributed by atoms with E-state index in [1.54, 1.807) is 7.11 Å². The van der Waals surface area contributed by atoms with E-state index < -0.39 is 0 Å². The largest absolute Gasteiger partial charge is 0.497 e. The van der Waals surface area contributed by atoms with Crippen LogP contribution in [0.2, 0.25) is 0 Å². The number of hydrogen-bond donors (Lipinski definition) is 1. The second-order valence-corrected chi connectivity index (χ2v) is 6.49. The highest BCUT2D eigenvalue weighted by Crippen LogP contribution is 2.26. The van der Waals surface area contributed by atoms with Crippen LogP contribution in [0.3, 0.4) is 0 Å². The summed E-state index contributed by atoms with van der Waals surface area (Å²) in [5, 5.41) is 3.56. The maximum absolute atomic E-state index is 5.27. The Hall–Kier alpha value is -1.45. The van der Waals surface area contributed by atoms with Gasteiger partial charge in [0.1, 0.15) is 5.75 Å². The molecule has 21 heavy (non-hydrogen) atoms. The maximum atomic E-state index is 5.27. The number of ether oxygens (including phenoxy) is 1. The van der Waals surface area contributed by atoms with Crippen molar-refractivity contribution >= 4 is 11.8 Å². The second kappa shape index (κ2) is 7.01. The molecule has 0 atom stereocenters. The molecule has 1 aliphatic carbocycles. The lowest BCUT2D eigenvalue weighted by Gasteiger charge is -2.07. The van der Waals surface area contributed by atoms with Crippen molar-refractivity contribution in [3.8, 4) is 5.75 Å². The predicted molar refractivity (Wildman–Crippen MR) is 88.9 cm³/mol. The Morgan fingerprint density at radius 2 is 1.90 bits per heavy atom. The van der Waals surface area contributed by atoms with E-state index in [4.69, 9.17) is 4.74 Å². The van der Waals surface area contributed by atoms with E-state index in [0.29, 0.717) is 0 Å². The van der Waals surface area contributed by atoms with Crippen LogP contribution in [0.15, 0.2) is 53.4 Å². The first kappa shape index (κ1) is 14.5. The third-order valence-electron chi connectivity index (χ3n) is 3.61. The Balaban J connectivity index is 1.57. The third kappa shape index (κ3) is 4.51. The highest BCUT2D eigenvalue weighted by atomic mass is 32.2. The van der Waals surface area contributed by atoms with Crippen molar-refractivity contribution < 1.29 is 4.74 Å². The molecule has 1 fully saturated rings. The van der Waals surface area contributed by atoms with Gasteiger partial charge in [0.25, 0.3) is 0 Å². The van der Waals surface area contributed by atoms with Crippen LogP contribution in [-0.2, 0) is 12.3 Å². The molecule has 0 heterocycles. The fraction of sp³-hybridized carbons (Fsp3) is 0.333.